The molecule has 0 radical (unpaired) electrons. The normalized spacial score (nSPS) is 10.8. The fourth-order valence-electron chi connectivity index (χ4n) is 1.15. The first-order chi connectivity index (χ1) is 5.79. The Hall–Kier alpha value is -1.03. The molecule has 4 heteroatoms. The van der Waals surface area contributed by atoms with Gasteiger partial charge in [-0.05, 0) is 18.6 Å². The molecule has 0 atom stereocenters. The van der Waals surface area contributed by atoms with Crippen LogP contribution in [0.3, 0.4) is 0 Å². The van der Waals surface area contributed by atoms with Gasteiger partial charge < -0.3 is 4.98 Å². The van der Waals surface area contributed by atoms with E-state index in [0.717, 1.165) is 22.6 Å². The SMILES string of the molecule is Cc1nc2ncc(CS)cc2[nH]1. The van der Waals surface area contributed by atoms with Gasteiger partial charge in [0.05, 0.1) is 5.52 Å². The maximum Gasteiger partial charge on any atom is 0.177 e. The number of fused-ring (bicyclic) bond motifs is 1. The molecular formula is C8H9N3S. The van der Waals surface area contributed by atoms with Gasteiger partial charge in [0, 0.05) is 11.9 Å². The van der Waals surface area contributed by atoms with Crippen LogP contribution in [0.5, 0.6) is 0 Å². The van der Waals surface area contributed by atoms with Crippen LogP contribution in [0.1, 0.15) is 11.4 Å². The lowest BCUT2D eigenvalue weighted by Gasteiger charge is -1.92. The van der Waals surface area contributed by atoms with E-state index in [9.17, 15) is 0 Å². The predicted octanol–water partition coefficient (Wildman–Crippen LogP) is 1.70. The minimum absolute atomic E-state index is 0.709. The van der Waals surface area contributed by atoms with E-state index >= 15 is 0 Å². The van der Waals surface area contributed by atoms with E-state index in [1.165, 1.54) is 0 Å². The molecule has 0 aliphatic heterocycles. The second-order valence-corrected chi connectivity index (χ2v) is 3.01. The zero-order valence-corrected chi connectivity index (χ0v) is 7.60. The quantitative estimate of drug-likeness (QED) is 0.654. The van der Waals surface area contributed by atoms with E-state index in [-0.39, 0.29) is 0 Å². The van der Waals surface area contributed by atoms with Crippen molar-refractivity contribution >= 4 is 23.8 Å². The number of thiol groups is 1. The Morgan fingerprint density at radius 3 is 3.17 bits per heavy atom. The van der Waals surface area contributed by atoms with E-state index in [4.69, 9.17) is 0 Å². The van der Waals surface area contributed by atoms with Gasteiger partial charge in [0.25, 0.3) is 0 Å². The average molecular weight is 179 g/mol. The molecule has 0 saturated carbocycles. The standard InChI is InChI=1S/C8H9N3S/c1-5-10-7-2-6(4-12)3-9-8(7)11-5/h2-3,12H,4H2,1H3,(H,9,10,11). The number of nitrogens with one attached hydrogen (secondary N) is 1. The second-order valence-electron chi connectivity index (χ2n) is 2.70. The summed E-state index contributed by atoms with van der Waals surface area (Å²) in [4.78, 5) is 11.5. The number of aryl methyl sites for hydroxylation is 1. The minimum atomic E-state index is 0.709. The first-order valence-electron chi connectivity index (χ1n) is 3.71. The molecule has 0 aliphatic carbocycles. The molecule has 0 bridgehead atoms. The number of rotatable bonds is 1. The van der Waals surface area contributed by atoms with E-state index in [1.54, 1.807) is 6.20 Å². The summed E-state index contributed by atoms with van der Waals surface area (Å²) in [5.41, 5.74) is 2.87. The molecule has 0 saturated heterocycles. The van der Waals surface area contributed by atoms with Gasteiger partial charge in [0.15, 0.2) is 5.65 Å². The Bertz CT molecular complexity index is 408. The molecule has 0 spiro atoms. The van der Waals surface area contributed by atoms with Gasteiger partial charge >= 0.3 is 0 Å². The highest BCUT2D eigenvalue weighted by Gasteiger charge is 2.00. The maximum absolute atomic E-state index is 4.20. The van der Waals surface area contributed by atoms with E-state index in [2.05, 4.69) is 27.6 Å². The number of hydrogen-bond acceptors (Lipinski definition) is 3. The fourth-order valence-corrected chi connectivity index (χ4v) is 1.32. The number of hydrogen-bond donors (Lipinski definition) is 2. The number of aromatic nitrogens is 3. The van der Waals surface area contributed by atoms with Crippen LogP contribution in [-0.2, 0) is 5.75 Å². The Labute approximate surface area is 75.6 Å². The van der Waals surface area contributed by atoms with Crippen molar-refractivity contribution in [1.29, 1.82) is 0 Å². The third kappa shape index (κ3) is 1.18. The largest absolute Gasteiger partial charge is 0.341 e. The van der Waals surface area contributed by atoms with Crippen LogP contribution in [-0.4, -0.2) is 15.0 Å². The summed E-state index contributed by atoms with van der Waals surface area (Å²) < 4.78 is 0. The smallest absolute Gasteiger partial charge is 0.177 e. The van der Waals surface area contributed by atoms with Crippen LogP contribution < -0.4 is 0 Å². The highest BCUT2D eigenvalue weighted by molar-refractivity contribution is 7.79. The Kier molecular flexibility index (Phi) is 1.77. The first-order valence-corrected chi connectivity index (χ1v) is 4.35. The van der Waals surface area contributed by atoms with E-state index in [1.807, 2.05) is 13.0 Å². The molecule has 0 aliphatic rings. The van der Waals surface area contributed by atoms with Crippen LogP contribution in [0.15, 0.2) is 12.3 Å². The molecule has 0 unspecified atom stereocenters. The van der Waals surface area contributed by atoms with Crippen LogP contribution >= 0.6 is 12.6 Å². The highest BCUT2D eigenvalue weighted by Crippen LogP contribution is 2.11. The third-order valence-electron chi connectivity index (χ3n) is 1.70. The van der Waals surface area contributed by atoms with Gasteiger partial charge in [-0.1, -0.05) is 0 Å². The number of nitrogens with zero attached hydrogens (tertiary/aromatic N) is 2. The monoisotopic (exact) mass is 179 g/mol. The van der Waals surface area contributed by atoms with Crippen LogP contribution in [0.4, 0.5) is 0 Å². The van der Waals surface area contributed by atoms with Gasteiger partial charge in [-0.2, -0.15) is 12.6 Å². The molecule has 1 N–H and O–H groups in total. The molecule has 3 nitrogen and oxygen atoms in total. The van der Waals surface area contributed by atoms with Crippen molar-refractivity contribution in [2.75, 3.05) is 0 Å². The van der Waals surface area contributed by atoms with Crippen LogP contribution in [0, 0.1) is 6.92 Å². The molecular weight excluding hydrogens is 170 g/mol. The molecule has 2 aromatic rings. The molecule has 62 valence electrons. The van der Waals surface area contributed by atoms with Crippen LogP contribution in [0.25, 0.3) is 11.2 Å². The summed E-state index contributed by atoms with van der Waals surface area (Å²) in [5.74, 6) is 1.61. The fraction of sp³-hybridized carbons (Fsp3) is 0.250. The molecule has 0 fully saturated rings. The number of pyridine rings is 1. The van der Waals surface area contributed by atoms with Gasteiger partial charge in [0.2, 0.25) is 0 Å². The van der Waals surface area contributed by atoms with Crippen molar-refractivity contribution in [3.05, 3.63) is 23.7 Å². The number of imidazole rings is 1. The van der Waals surface area contributed by atoms with Crippen molar-refractivity contribution in [3.8, 4) is 0 Å². The molecule has 2 heterocycles. The molecule has 0 aromatic carbocycles. The summed E-state index contributed by atoms with van der Waals surface area (Å²) >= 11 is 4.17. The maximum atomic E-state index is 4.20. The zero-order valence-electron chi connectivity index (χ0n) is 6.70. The Morgan fingerprint density at radius 2 is 2.42 bits per heavy atom. The van der Waals surface area contributed by atoms with E-state index < -0.39 is 0 Å². The van der Waals surface area contributed by atoms with Crippen molar-refractivity contribution in [3.63, 3.8) is 0 Å². The molecule has 2 rings (SSSR count). The second kappa shape index (κ2) is 2.79. The summed E-state index contributed by atoms with van der Waals surface area (Å²) in [6.45, 7) is 1.92. The zero-order chi connectivity index (χ0) is 8.55. The lowest BCUT2D eigenvalue weighted by atomic mass is 10.3. The minimum Gasteiger partial charge on any atom is -0.341 e. The predicted molar refractivity (Wildman–Crippen MR) is 51.3 cm³/mol. The summed E-state index contributed by atoms with van der Waals surface area (Å²) in [6, 6.07) is 2.02. The molecule has 2 aromatic heterocycles. The van der Waals surface area contributed by atoms with E-state index in [0.29, 0.717) is 5.75 Å². The molecule has 0 amide bonds. The van der Waals surface area contributed by atoms with Gasteiger partial charge in [-0.15, -0.1) is 0 Å². The van der Waals surface area contributed by atoms with Gasteiger partial charge in [-0.3, -0.25) is 0 Å². The van der Waals surface area contributed by atoms with Gasteiger partial charge in [-0.25, -0.2) is 9.97 Å². The number of aromatic amines is 1. The lowest BCUT2D eigenvalue weighted by molar-refractivity contribution is 1.16. The van der Waals surface area contributed by atoms with Gasteiger partial charge in [0.1, 0.15) is 5.82 Å². The Morgan fingerprint density at radius 1 is 1.58 bits per heavy atom. The highest BCUT2D eigenvalue weighted by atomic mass is 32.1. The van der Waals surface area contributed by atoms with Crippen molar-refractivity contribution in [2.24, 2.45) is 0 Å². The summed E-state index contributed by atoms with van der Waals surface area (Å²) in [5, 5.41) is 0. The average Bonchev–Trinajstić information content (AvgIpc) is 2.43. The van der Waals surface area contributed by atoms with Crippen molar-refractivity contribution in [1.82, 2.24) is 15.0 Å². The van der Waals surface area contributed by atoms with Crippen molar-refractivity contribution in [2.45, 2.75) is 12.7 Å². The lowest BCUT2D eigenvalue weighted by Crippen LogP contribution is -1.81. The summed E-state index contributed by atoms with van der Waals surface area (Å²) in [6.07, 6.45) is 1.80. The van der Waals surface area contributed by atoms with Crippen LogP contribution in [0.2, 0.25) is 0 Å². The number of H-pyrrole nitrogens is 1. The topological polar surface area (TPSA) is 41.6 Å². The Balaban J connectivity index is 2.66. The molecule has 12 heavy (non-hydrogen) atoms. The summed E-state index contributed by atoms with van der Waals surface area (Å²) in [7, 11) is 0. The third-order valence-corrected chi connectivity index (χ3v) is 2.06. The van der Waals surface area contributed by atoms with Crippen molar-refractivity contribution < 1.29 is 0 Å². The first kappa shape index (κ1) is 7.61.